The fourth-order valence-corrected chi connectivity index (χ4v) is 0.913. The summed E-state index contributed by atoms with van der Waals surface area (Å²) in [4.78, 5) is 3.57. The first kappa shape index (κ1) is 9.83. The van der Waals surface area contributed by atoms with Gasteiger partial charge in [0.25, 0.3) is 0 Å². The van der Waals surface area contributed by atoms with E-state index >= 15 is 0 Å². The molecular weight excluding hydrogens is 183 g/mol. The van der Waals surface area contributed by atoms with Crippen LogP contribution in [0.4, 0.5) is 13.2 Å². The van der Waals surface area contributed by atoms with Crippen LogP contribution in [0.1, 0.15) is 11.3 Å². The highest BCUT2D eigenvalue weighted by Gasteiger charge is 2.33. The zero-order valence-electron chi connectivity index (χ0n) is 7.14. The van der Waals surface area contributed by atoms with Crippen LogP contribution in [0.5, 0.6) is 5.75 Å². The van der Waals surface area contributed by atoms with Crippen molar-refractivity contribution in [2.24, 2.45) is 0 Å². The SMILES string of the molecule is COc1cnc(C)c(C(F)(F)F)c1. The number of methoxy groups -OCH3 is 1. The van der Waals surface area contributed by atoms with Gasteiger partial charge in [-0.25, -0.2) is 0 Å². The first-order valence-corrected chi connectivity index (χ1v) is 3.53. The van der Waals surface area contributed by atoms with Crippen molar-refractivity contribution < 1.29 is 17.9 Å². The molecule has 0 saturated carbocycles. The third kappa shape index (κ3) is 2.11. The fourth-order valence-electron chi connectivity index (χ4n) is 0.913. The first-order chi connectivity index (χ1) is 5.95. The summed E-state index contributed by atoms with van der Waals surface area (Å²) in [6.45, 7) is 1.31. The van der Waals surface area contributed by atoms with Crippen LogP contribution in [0.25, 0.3) is 0 Å². The predicted molar refractivity (Wildman–Crippen MR) is 40.5 cm³/mol. The van der Waals surface area contributed by atoms with E-state index in [1.165, 1.54) is 20.2 Å². The second kappa shape index (κ2) is 3.24. The molecule has 0 aliphatic carbocycles. The van der Waals surface area contributed by atoms with E-state index < -0.39 is 11.7 Å². The van der Waals surface area contributed by atoms with E-state index in [1.54, 1.807) is 0 Å². The molecular formula is C8H8F3NO. The average molecular weight is 191 g/mol. The van der Waals surface area contributed by atoms with Crippen LogP contribution < -0.4 is 4.74 Å². The minimum Gasteiger partial charge on any atom is -0.495 e. The van der Waals surface area contributed by atoms with Gasteiger partial charge in [-0.05, 0) is 13.0 Å². The van der Waals surface area contributed by atoms with Crippen molar-refractivity contribution in [3.8, 4) is 5.75 Å². The number of hydrogen-bond donors (Lipinski definition) is 0. The third-order valence-electron chi connectivity index (χ3n) is 1.60. The smallest absolute Gasteiger partial charge is 0.418 e. The Morgan fingerprint density at radius 1 is 1.38 bits per heavy atom. The second-order valence-electron chi connectivity index (χ2n) is 2.51. The van der Waals surface area contributed by atoms with Crippen molar-refractivity contribution in [3.05, 3.63) is 23.5 Å². The minimum atomic E-state index is -4.37. The van der Waals surface area contributed by atoms with E-state index in [0.29, 0.717) is 0 Å². The normalized spacial score (nSPS) is 11.5. The molecule has 5 heteroatoms. The van der Waals surface area contributed by atoms with Gasteiger partial charge in [0.1, 0.15) is 5.75 Å². The Labute approximate surface area is 73.4 Å². The fraction of sp³-hybridized carbons (Fsp3) is 0.375. The summed E-state index contributed by atoms with van der Waals surface area (Å²) >= 11 is 0. The summed E-state index contributed by atoms with van der Waals surface area (Å²) in [5.41, 5.74) is -0.805. The minimum absolute atomic E-state index is 0.0479. The van der Waals surface area contributed by atoms with Gasteiger partial charge in [0, 0.05) is 5.69 Å². The lowest BCUT2D eigenvalue weighted by atomic mass is 10.2. The molecule has 0 fully saturated rings. The van der Waals surface area contributed by atoms with Gasteiger partial charge in [0.15, 0.2) is 0 Å². The summed E-state index contributed by atoms with van der Waals surface area (Å²) in [6.07, 6.45) is -3.11. The van der Waals surface area contributed by atoms with E-state index in [9.17, 15) is 13.2 Å². The second-order valence-corrected chi connectivity index (χ2v) is 2.51. The molecule has 2 nitrogen and oxygen atoms in total. The van der Waals surface area contributed by atoms with Crippen molar-refractivity contribution in [3.63, 3.8) is 0 Å². The van der Waals surface area contributed by atoms with E-state index in [4.69, 9.17) is 0 Å². The van der Waals surface area contributed by atoms with Crippen LogP contribution in [0, 0.1) is 6.92 Å². The zero-order chi connectivity index (χ0) is 10.1. The van der Waals surface area contributed by atoms with E-state index in [2.05, 4.69) is 9.72 Å². The van der Waals surface area contributed by atoms with Gasteiger partial charge in [0.05, 0.1) is 18.9 Å². The van der Waals surface area contributed by atoms with Gasteiger partial charge < -0.3 is 4.74 Å². The molecule has 0 aliphatic rings. The molecule has 0 saturated heterocycles. The van der Waals surface area contributed by atoms with Crippen molar-refractivity contribution in [2.75, 3.05) is 7.11 Å². The molecule has 0 bridgehead atoms. The summed E-state index contributed by atoms with van der Waals surface area (Å²) in [5, 5.41) is 0. The standard InChI is InChI=1S/C8H8F3NO/c1-5-7(8(9,10)11)3-6(13-2)4-12-5/h3-4H,1-2H3. The number of nitrogens with zero attached hydrogens (tertiary/aromatic N) is 1. The Balaban J connectivity index is 3.19. The summed E-state index contributed by atoms with van der Waals surface area (Å²) in [6, 6.07) is 0.933. The maximum atomic E-state index is 12.3. The van der Waals surface area contributed by atoms with Gasteiger partial charge in [0.2, 0.25) is 0 Å². The van der Waals surface area contributed by atoms with Gasteiger partial charge in [-0.3, -0.25) is 4.98 Å². The van der Waals surface area contributed by atoms with Crippen molar-refractivity contribution >= 4 is 0 Å². The summed E-state index contributed by atoms with van der Waals surface area (Å²) in [7, 11) is 1.30. The lowest BCUT2D eigenvalue weighted by Gasteiger charge is -2.10. The lowest BCUT2D eigenvalue weighted by molar-refractivity contribution is -0.138. The molecule has 0 N–H and O–H groups in total. The molecule has 0 spiro atoms. The van der Waals surface area contributed by atoms with Crippen LogP contribution in [0.2, 0.25) is 0 Å². The highest BCUT2D eigenvalue weighted by molar-refractivity contribution is 5.30. The predicted octanol–water partition coefficient (Wildman–Crippen LogP) is 2.42. The van der Waals surface area contributed by atoms with Crippen LogP contribution in [-0.4, -0.2) is 12.1 Å². The zero-order valence-corrected chi connectivity index (χ0v) is 7.14. The Bertz CT molecular complexity index is 309. The first-order valence-electron chi connectivity index (χ1n) is 3.53. The molecule has 0 unspecified atom stereocenters. The molecule has 1 rings (SSSR count). The maximum absolute atomic E-state index is 12.3. The molecule has 72 valence electrons. The Kier molecular flexibility index (Phi) is 2.45. The van der Waals surface area contributed by atoms with Gasteiger partial charge in [-0.15, -0.1) is 0 Å². The van der Waals surface area contributed by atoms with Gasteiger partial charge in [-0.2, -0.15) is 13.2 Å². The molecule has 0 aliphatic heterocycles. The van der Waals surface area contributed by atoms with Crippen LogP contribution in [-0.2, 0) is 6.18 Å². The molecule has 1 aromatic rings. The molecule has 13 heavy (non-hydrogen) atoms. The van der Waals surface area contributed by atoms with Crippen LogP contribution in [0.15, 0.2) is 12.3 Å². The number of alkyl halides is 3. The number of aryl methyl sites for hydroxylation is 1. The van der Waals surface area contributed by atoms with E-state index in [0.717, 1.165) is 6.07 Å². The van der Waals surface area contributed by atoms with Crippen molar-refractivity contribution in [1.82, 2.24) is 4.98 Å². The Morgan fingerprint density at radius 2 is 2.00 bits per heavy atom. The third-order valence-corrected chi connectivity index (χ3v) is 1.60. The topological polar surface area (TPSA) is 22.1 Å². The quantitative estimate of drug-likeness (QED) is 0.680. The Hall–Kier alpha value is -1.26. The van der Waals surface area contributed by atoms with Crippen LogP contribution >= 0.6 is 0 Å². The number of aromatic nitrogens is 1. The highest BCUT2D eigenvalue weighted by Crippen LogP contribution is 2.32. The van der Waals surface area contributed by atoms with Crippen molar-refractivity contribution in [1.29, 1.82) is 0 Å². The molecule has 1 heterocycles. The van der Waals surface area contributed by atoms with Gasteiger partial charge >= 0.3 is 6.18 Å². The molecule has 0 aromatic carbocycles. The number of pyridine rings is 1. The molecule has 0 amide bonds. The number of halogens is 3. The molecule has 1 aromatic heterocycles. The number of ether oxygens (including phenoxy) is 1. The van der Waals surface area contributed by atoms with Gasteiger partial charge in [-0.1, -0.05) is 0 Å². The maximum Gasteiger partial charge on any atom is 0.418 e. The lowest BCUT2D eigenvalue weighted by Crippen LogP contribution is -2.08. The largest absolute Gasteiger partial charge is 0.495 e. The van der Waals surface area contributed by atoms with Crippen LogP contribution in [0.3, 0.4) is 0 Å². The highest BCUT2D eigenvalue weighted by atomic mass is 19.4. The van der Waals surface area contributed by atoms with E-state index in [-0.39, 0.29) is 11.4 Å². The molecule has 0 radical (unpaired) electrons. The van der Waals surface area contributed by atoms with Crippen molar-refractivity contribution in [2.45, 2.75) is 13.1 Å². The van der Waals surface area contributed by atoms with E-state index in [1.807, 2.05) is 0 Å². The average Bonchev–Trinajstić information content (AvgIpc) is 2.03. The number of rotatable bonds is 1. The summed E-state index contributed by atoms with van der Waals surface area (Å²) in [5.74, 6) is 0.109. The molecule has 0 atom stereocenters. The Morgan fingerprint density at radius 3 is 2.46 bits per heavy atom. The monoisotopic (exact) mass is 191 g/mol. The number of hydrogen-bond acceptors (Lipinski definition) is 2. The summed E-state index contributed by atoms with van der Waals surface area (Å²) < 4.78 is 41.5.